The minimum absolute atomic E-state index is 0.0599. The van der Waals surface area contributed by atoms with E-state index in [4.69, 9.17) is 0 Å². The van der Waals surface area contributed by atoms with Gasteiger partial charge in [-0.1, -0.05) is 0 Å². The van der Waals surface area contributed by atoms with Gasteiger partial charge in [0.25, 0.3) is 0 Å². The number of nitrogens with zero attached hydrogens (tertiary/aromatic N) is 4. The number of hydrogen-bond acceptors (Lipinski definition) is 6. The van der Waals surface area contributed by atoms with Gasteiger partial charge >= 0.3 is 0 Å². The van der Waals surface area contributed by atoms with Crippen molar-refractivity contribution in [2.45, 2.75) is 18.9 Å². The van der Waals surface area contributed by atoms with Gasteiger partial charge in [-0.05, 0) is 12.8 Å². The number of carbonyl (C=O) groups excluding carboxylic acids is 1. The molecule has 2 unspecified atom stereocenters. The Hall–Kier alpha value is -2.38. The molecule has 2 saturated heterocycles. The molecule has 4 rings (SSSR count). The Bertz CT molecular complexity index is 697. The van der Waals surface area contributed by atoms with Crippen molar-refractivity contribution >= 4 is 28.8 Å². The van der Waals surface area contributed by atoms with Gasteiger partial charge in [-0.25, -0.2) is 4.98 Å². The Morgan fingerprint density at radius 3 is 3.19 bits per heavy atom. The van der Waals surface area contributed by atoms with Crippen LogP contribution in [0.3, 0.4) is 0 Å². The summed E-state index contributed by atoms with van der Waals surface area (Å²) in [5, 5.41) is 5.94. The maximum absolute atomic E-state index is 11.9. The Kier molecular flexibility index (Phi) is 2.69. The number of anilines is 2. The summed E-state index contributed by atoms with van der Waals surface area (Å²) in [5.41, 5.74) is 1.47. The van der Waals surface area contributed by atoms with Crippen molar-refractivity contribution < 1.29 is 4.79 Å². The van der Waals surface area contributed by atoms with Gasteiger partial charge < -0.3 is 20.5 Å². The molecule has 0 aliphatic carbocycles. The minimum Gasteiger partial charge on any atom is -0.357 e. The molecule has 0 saturated carbocycles. The number of carbonyl (C=O) groups is 1. The molecule has 21 heavy (non-hydrogen) atoms. The zero-order chi connectivity index (χ0) is 14.4. The van der Waals surface area contributed by atoms with Crippen LogP contribution in [0.15, 0.2) is 6.33 Å². The number of rotatable bonds is 2. The summed E-state index contributed by atoms with van der Waals surface area (Å²) in [5.74, 6) is 1.59. The van der Waals surface area contributed by atoms with Crippen LogP contribution in [0, 0.1) is 5.92 Å². The smallest absolute Gasteiger partial charge is 0.226 e. The van der Waals surface area contributed by atoms with E-state index in [0.29, 0.717) is 18.1 Å². The molecule has 8 heteroatoms. The molecule has 4 heterocycles. The second-order valence-electron chi connectivity index (χ2n) is 5.48. The zero-order valence-corrected chi connectivity index (χ0v) is 11.8. The standard InChI is InChI=1S/C13H17N7O/c1-14-13-18-10-9(16-6-17-10)11(19-13)20-4-2-3-7-8(20)5-15-12(7)21/h6-8H,2-5H2,1H3,(H,15,21)(H2,14,16,17,18,19). The van der Waals surface area contributed by atoms with Gasteiger partial charge in [-0.3, -0.25) is 4.79 Å². The molecule has 3 N–H and O–H groups in total. The molecule has 1 amide bonds. The topological polar surface area (TPSA) is 98.8 Å². The van der Waals surface area contributed by atoms with Gasteiger partial charge in [0.2, 0.25) is 11.9 Å². The monoisotopic (exact) mass is 287 g/mol. The number of aromatic nitrogens is 4. The van der Waals surface area contributed by atoms with E-state index in [1.807, 2.05) is 0 Å². The van der Waals surface area contributed by atoms with E-state index in [1.54, 1.807) is 13.4 Å². The summed E-state index contributed by atoms with van der Waals surface area (Å²) in [6.45, 7) is 1.57. The lowest BCUT2D eigenvalue weighted by atomic mass is 9.91. The largest absolute Gasteiger partial charge is 0.357 e. The van der Waals surface area contributed by atoms with Gasteiger partial charge in [-0.2, -0.15) is 9.97 Å². The second kappa shape index (κ2) is 4.57. The maximum Gasteiger partial charge on any atom is 0.226 e. The summed E-state index contributed by atoms with van der Waals surface area (Å²) in [4.78, 5) is 30.4. The van der Waals surface area contributed by atoms with E-state index in [2.05, 4.69) is 35.5 Å². The fraction of sp³-hybridized carbons (Fsp3) is 0.538. The number of piperidine rings is 1. The molecule has 2 aliphatic heterocycles. The van der Waals surface area contributed by atoms with Crippen LogP contribution in [0.5, 0.6) is 0 Å². The summed E-state index contributed by atoms with van der Waals surface area (Å²) in [6.07, 6.45) is 3.56. The van der Waals surface area contributed by atoms with E-state index in [9.17, 15) is 4.79 Å². The Morgan fingerprint density at radius 2 is 2.33 bits per heavy atom. The van der Waals surface area contributed by atoms with Crippen LogP contribution >= 0.6 is 0 Å². The van der Waals surface area contributed by atoms with Gasteiger partial charge in [-0.15, -0.1) is 0 Å². The average Bonchev–Trinajstić information content (AvgIpc) is 3.13. The Balaban J connectivity index is 1.81. The van der Waals surface area contributed by atoms with Crippen LogP contribution in [0.1, 0.15) is 12.8 Å². The third-order valence-corrected chi connectivity index (χ3v) is 4.36. The van der Waals surface area contributed by atoms with Crippen LogP contribution in [-0.4, -0.2) is 52.0 Å². The fourth-order valence-electron chi connectivity index (χ4n) is 3.35. The molecule has 0 radical (unpaired) electrons. The number of fused-ring (bicyclic) bond motifs is 2. The van der Waals surface area contributed by atoms with Crippen molar-refractivity contribution in [1.29, 1.82) is 0 Å². The van der Waals surface area contributed by atoms with Crippen LogP contribution < -0.4 is 15.5 Å². The van der Waals surface area contributed by atoms with Crippen LogP contribution in [0.2, 0.25) is 0 Å². The lowest BCUT2D eigenvalue weighted by molar-refractivity contribution is -0.122. The predicted molar refractivity (Wildman–Crippen MR) is 78.1 cm³/mol. The fourth-order valence-corrected chi connectivity index (χ4v) is 3.35. The molecule has 2 aromatic rings. The summed E-state index contributed by atoms with van der Waals surface area (Å²) in [6, 6.07) is 0.164. The summed E-state index contributed by atoms with van der Waals surface area (Å²) < 4.78 is 0. The molecule has 0 aromatic carbocycles. The molecular formula is C13H17N7O. The Morgan fingerprint density at radius 1 is 1.43 bits per heavy atom. The SMILES string of the molecule is CNc1nc(N2CCCC3C(=O)NCC32)c2[nH]cnc2n1. The van der Waals surface area contributed by atoms with Crippen molar-refractivity contribution in [2.75, 3.05) is 30.4 Å². The number of amides is 1. The molecule has 2 aromatic heterocycles. The minimum atomic E-state index is 0.0599. The highest BCUT2D eigenvalue weighted by molar-refractivity contribution is 5.87. The molecular weight excluding hydrogens is 270 g/mol. The van der Waals surface area contributed by atoms with E-state index in [0.717, 1.165) is 30.7 Å². The van der Waals surface area contributed by atoms with Crippen molar-refractivity contribution in [1.82, 2.24) is 25.3 Å². The molecule has 0 spiro atoms. The van der Waals surface area contributed by atoms with E-state index in [-0.39, 0.29) is 17.9 Å². The van der Waals surface area contributed by atoms with Crippen molar-refractivity contribution in [3.05, 3.63) is 6.33 Å². The zero-order valence-electron chi connectivity index (χ0n) is 11.8. The Labute approximate surface area is 121 Å². The third-order valence-electron chi connectivity index (χ3n) is 4.36. The number of H-pyrrole nitrogens is 1. The number of aromatic amines is 1. The summed E-state index contributed by atoms with van der Waals surface area (Å²) in [7, 11) is 1.79. The van der Waals surface area contributed by atoms with Crippen LogP contribution in [0.25, 0.3) is 11.2 Å². The quantitative estimate of drug-likeness (QED) is 0.725. The first kappa shape index (κ1) is 12.4. The molecule has 2 fully saturated rings. The average molecular weight is 287 g/mol. The van der Waals surface area contributed by atoms with Gasteiger partial charge in [0.15, 0.2) is 11.5 Å². The van der Waals surface area contributed by atoms with Gasteiger partial charge in [0, 0.05) is 20.1 Å². The lowest BCUT2D eigenvalue weighted by Crippen LogP contribution is -2.46. The third kappa shape index (κ3) is 1.82. The molecule has 8 nitrogen and oxygen atoms in total. The van der Waals surface area contributed by atoms with Crippen molar-refractivity contribution in [3.8, 4) is 0 Å². The van der Waals surface area contributed by atoms with E-state index < -0.39 is 0 Å². The first-order valence-corrected chi connectivity index (χ1v) is 7.21. The molecule has 0 bridgehead atoms. The van der Waals surface area contributed by atoms with E-state index in [1.165, 1.54) is 0 Å². The van der Waals surface area contributed by atoms with Crippen LogP contribution in [-0.2, 0) is 4.79 Å². The number of nitrogens with one attached hydrogen (secondary N) is 3. The van der Waals surface area contributed by atoms with Gasteiger partial charge in [0.1, 0.15) is 5.52 Å². The normalized spacial score (nSPS) is 25.0. The number of imidazole rings is 1. The lowest BCUT2D eigenvalue weighted by Gasteiger charge is -2.36. The van der Waals surface area contributed by atoms with E-state index >= 15 is 0 Å². The molecule has 2 atom stereocenters. The van der Waals surface area contributed by atoms with Gasteiger partial charge in [0.05, 0.1) is 18.3 Å². The van der Waals surface area contributed by atoms with Crippen molar-refractivity contribution in [2.24, 2.45) is 5.92 Å². The highest BCUT2D eigenvalue weighted by atomic mass is 16.2. The number of hydrogen-bond donors (Lipinski definition) is 3. The van der Waals surface area contributed by atoms with Crippen molar-refractivity contribution in [3.63, 3.8) is 0 Å². The van der Waals surface area contributed by atoms with Crippen LogP contribution in [0.4, 0.5) is 11.8 Å². The first-order valence-electron chi connectivity index (χ1n) is 7.21. The predicted octanol–water partition coefficient (Wildman–Crippen LogP) is 0.109. The summed E-state index contributed by atoms with van der Waals surface area (Å²) >= 11 is 0. The first-order chi connectivity index (χ1) is 10.3. The highest BCUT2D eigenvalue weighted by Gasteiger charge is 2.42. The molecule has 2 aliphatic rings. The molecule has 110 valence electrons. The highest BCUT2D eigenvalue weighted by Crippen LogP contribution is 2.33. The maximum atomic E-state index is 11.9. The second-order valence-corrected chi connectivity index (χ2v) is 5.48.